The summed E-state index contributed by atoms with van der Waals surface area (Å²) >= 11 is 0. The Morgan fingerprint density at radius 3 is 2.42 bits per heavy atom. The van der Waals surface area contributed by atoms with E-state index < -0.39 is 17.7 Å². The number of Topliss-reactive ketones (excluding diaryl/α,β-unsaturated/α-hetero) is 1. The van der Waals surface area contributed by atoms with Crippen molar-refractivity contribution in [1.29, 1.82) is 0 Å². The SMILES string of the molecule is CCCOc1ccc([C@@H]2C(=C(O)c3ccc4c(c3)OCCO4)C(=O)C(=O)N2Cc2ccccc2)cc1. The van der Waals surface area contributed by atoms with Crippen LogP contribution in [0.5, 0.6) is 17.2 Å². The van der Waals surface area contributed by atoms with Crippen molar-refractivity contribution in [3.8, 4) is 17.2 Å². The largest absolute Gasteiger partial charge is 0.507 e. The molecule has 36 heavy (non-hydrogen) atoms. The van der Waals surface area contributed by atoms with E-state index in [0.29, 0.717) is 48.2 Å². The summed E-state index contributed by atoms with van der Waals surface area (Å²) in [4.78, 5) is 28.1. The van der Waals surface area contributed by atoms with Crippen LogP contribution in [0.25, 0.3) is 5.76 Å². The number of benzene rings is 3. The lowest BCUT2D eigenvalue weighted by Crippen LogP contribution is -2.29. The van der Waals surface area contributed by atoms with Crippen molar-refractivity contribution in [1.82, 2.24) is 4.90 Å². The Balaban J connectivity index is 1.59. The number of likely N-dealkylation sites (tertiary alicyclic amines) is 1. The van der Waals surface area contributed by atoms with E-state index >= 15 is 0 Å². The summed E-state index contributed by atoms with van der Waals surface area (Å²) < 4.78 is 16.9. The first-order valence-electron chi connectivity index (χ1n) is 12.0. The fourth-order valence-corrected chi connectivity index (χ4v) is 4.48. The zero-order chi connectivity index (χ0) is 25.1. The quantitative estimate of drug-likeness (QED) is 0.292. The number of hydrogen-bond acceptors (Lipinski definition) is 6. The maximum Gasteiger partial charge on any atom is 0.295 e. The highest BCUT2D eigenvalue weighted by Gasteiger charge is 2.46. The zero-order valence-corrected chi connectivity index (χ0v) is 20.0. The molecular formula is C29H27NO6. The topological polar surface area (TPSA) is 85.3 Å². The molecule has 0 aromatic heterocycles. The summed E-state index contributed by atoms with van der Waals surface area (Å²) in [5, 5.41) is 11.4. The fourth-order valence-electron chi connectivity index (χ4n) is 4.48. The normalized spacial score (nSPS) is 18.4. The van der Waals surface area contributed by atoms with Gasteiger partial charge in [-0.05, 0) is 47.9 Å². The average Bonchev–Trinajstić information content (AvgIpc) is 3.17. The number of ether oxygens (including phenoxy) is 3. The molecule has 0 unspecified atom stereocenters. The van der Waals surface area contributed by atoms with Crippen molar-refractivity contribution in [2.75, 3.05) is 19.8 Å². The van der Waals surface area contributed by atoms with Gasteiger partial charge in [0.25, 0.3) is 11.7 Å². The highest BCUT2D eigenvalue weighted by molar-refractivity contribution is 6.46. The Morgan fingerprint density at radius 1 is 0.972 bits per heavy atom. The molecule has 2 aliphatic rings. The van der Waals surface area contributed by atoms with Crippen LogP contribution in [0.4, 0.5) is 0 Å². The molecule has 1 saturated heterocycles. The average molecular weight is 486 g/mol. The molecule has 1 amide bonds. The van der Waals surface area contributed by atoms with Crippen molar-refractivity contribution in [2.45, 2.75) is 25.9 Å². The molecule has 1 fully saturated rings. The molecule has 0 spiro atoms. The zero-order valence-electron chi connectivity index (χ0n) is 20.0. The van der Waals surface area contributed by atoms with Crippen LogP contribution in [0.1, 0.15) is 36.1 Å². The van der Waals surface area contributed by atoms with Gasteiger partial charge in [0, 0.05) is 12.1 Å². The summed E-state index contributed by atoms with van der Waals surface area (Å²) in [6.07, 6.45) is 0.883. The van der Waals surface area contributed by atoms with Gasteiger partial charge in [0.1, 0.15) is 24.7 Å². The van der Waals surface area contributed by atoms with E-state index in [1.165, 1.54) is 4.90 Å². The molecular weight excluding hydrogens is 458 g/mol. The Labute approximate surface area is 209 Å². The number of ketones is 1. The number of hydrogen-bond donors (Lipinski definition) is 1. The van der Waals surface area contributed by atoms with Gasteiger partial charge in [0.05, 0.1) is 18.2 Å². The molecule has 0 aliphatic carbocycles. The van der Waals surface area contributed by atoms with Crippen LogP contribution in [0.15, 0.2) is 78.4 Å². The third kappa shape index (κ3) is 4.52. The van der Waals surface area contributed by atoms with Crippen molar-refractivity contribution in [3.63, 3.8) is 0 Å². The van der Waals surface area contributed by atoms with E-state index in [4.69, 9.17) is 14.2 Å². The Hall–Kier alpha value is -4.26. The number of carbonyl (C=O) groups is 2. The van der Waals surface area contributed by atoms with Crippen molar-refractivity contribution < 1.29 is 28.9 Å². The number of carbonyl (C=O) groups excluding carboxylic acids is 2. The lowest BCUT2D eigenvalue weighted by Gasteiger charge is -2.26. The number of fused-ring (bicyclic) bond motifs is 1. The monoisotopic (exact) mass is 485 g/mol. The van der Waals surface area contributed by atoms with Gasteiger partial charge < -0.3 is 24.2 Å². The molecule has 2 heterocycles. The Kier molecular flexibility index (Phi) is 6.62. The van der Waals surface area contributed by atoms with Gasteiger partial charge in [0.2, 0.25) is 0 Å². The molecule has 0 radical (unpaired) electrons. The molecule has 3 aromatic rings. The molecule has 1 N–H and O–H groups in total. The standard InChI is InChI=1S/C29H27NO6/c1-2-14-34-22-11-8-20(9-12-22)26-25(27(31)21-10-13-23-24(17-21)36-16-15-35-23)28(32)29(33)30(26)18-19-6-4-3-5-7-19/h3-13,17,26,31H,2,14-16,18H2,1H3/t26-/m1/s1. The minimum Gasteiger partial charge on any atom is -0.507 e. The van der Waals surface area contributed by atoms with Crippen LogP contribution in [0.3, 0.4) is 0 Å². The number of amides is 1. The number of rotatable bonds is 7. The molecule has 1 atom stereocenters. The smallest absolute Gasteiger partial charge is 0.295 e. The molecule has 7 heteroatoms. The Bertz CT molecular complexity index is 1300. The minimum absolute atomic E-state index is 0.0369. The summed E-state index contributed by atoms with van der Waals surface area (Å²) in [5.74, 6) is 0.118. The highest BCUT2D eigenvalue weighted by atomic mass is 16.6. The lowest BCUT2D eigenvalue weighted by molar-refractivity contribution is -0.140. The predicted octanol–water partition coefficient (Wildman–Crippen LogP) is 4.87. The van der Waals surface area contributed by atoms with Gasteiger partial charge in [-0.1, -0.05) is 49.4 Å². The van der Waals surface area contributed by atoms with Crippen LogP contribution in [-0.4, -0.2) is 41.5 Å². The van der Waals surface area contributed by atoms with E-state index in [2.05, 4.69) is 0 Å². The second-order valence-corrected chi connectivity index (χ2v) is 8.69. The van der Waals surface area contributed by atoms with E-state index in [1.807, 2.05) is 61.5 Å². The van der Waals surface area contributed by atoms with Crippen LogP contribution >= 0.6 is 0 Å². The molecule has 3 aromatic carbocycles. The molecule has 5 rings (SSSR count). The summed E-state index contributed by atoms with van der Waals surface area (Å²) in [7, 11) is 0. The van der Waals surface area contributed by atoms with Crippen LogP contribution in [-0.2, 0) is 16.1 Å². The number of aliphatic hydroxyl groups excluding tert-OH is 1. The van der Waals surface area contributed by atoms with Gasteiger partial charge >= 0.3 is 0 Å². The van der Waals surface area contributed by atoms with Gasteiger partial charge in [-0.25, -0.2) is 0 Å². The van der Waals surface area contributed by atoms with Crippen LogP contribution in [0.2, 0.25) is 0 Å². The maximum absolute atomic E-state index is 13.3. The highest BCUT2D eigenvalue weighted by Crippen LogP contribution is 2.42. The van der Waals surface area contributed by atoms with Gasteiger partial charge in [-0.15, -0.1) is 0 Å². The van der Waals surface area contributed by atoms with Gasteiger partial charge in [0.15, 0.2) is 11.5 Å². The minimum atomic E-state index is -0.765. The first-order chi connectivity index (χ1) is 17.6. The number of aliphatic hydroxyl groups is 1. The third-order valence-corrected chi connectivity index (χ3v) is 6.22. The van der Waals surface area contributed by atoms with E-state index in [9.17, 15) is 14.7 Å². The first kappa shape index (κ1) is 23.5. The molecule has 184 valence electrons. The number of nitrogens with zero attached hydrogens (tertiary/aromatic N) is 1. The second-order valence-electron chi connectivity index (χ2n) is 8.69. The van der Waals surface area contributed by atoms with Gasteiger partial charge in [-0.3, -0.25) is 9.59 Å². The van der Waals surface area contributed by atoms with Crippen LogP contribution < -0.4 is 14.2 Å². The summed E-state index contributed by atoms with van der Waals surface area (Å²) in [6, 6.07) is 21.0. The van der Waals surface area contributed by atoms with E-state index in [-0.39, 0.29) is 17.9 Å². The van der Waals surface area contributed by atoms with Crippen LogP contribution in [0, 0.1) is 0 Å². The molecule has 7 nitrogen and oxygen atoms in total. The first-order valence-corrected chi connectivity index (χ1v) is 12.0. The maximum atomic E-state index is 13.3. The van der Waals surface area contributed by atoms with Crippen molar-refractivity contribution >= 4 is 17.4 Å². The predicted molar refractivity (Wildman–Crippen MR) is 134 cm³/mol. The van der Waals surface area contributed by atoms with E-state index in [0.717, 1.165) is 12.0 Å². The molecule has 0 saturated carbocycles. The fraction of sp³-hybridized carbons (Fsp3) is 0.241. The van der Waals surface area contributed by atoms with Crippen molar-refractivity contribution in [3.05, 3.63) is 95.1 Å². The van der Waals surface area contributed by atoms with E-state index in [1.54, 1.807) is 18.2 Å². The summed E-state index contributed by atoms with van der Waals surface area (Å²) in [6.45, 7) is 3.69. The summed E-state index contributed by atoms with van der Waals surface area (Å²) in [5.41, 5.74) is 2.00. The lowest BCUT2D eigenvalue weighted by atomic mass is 9.95. The van der Waals surface area contributed by atoms with Crippen molar-refractivity contribution in [2.24, 2.45) is 0 Å². The molecule has 2 aliphatic heterocycles. The second kappa shape index (κ2) is 10.2. The molecule has 0 bridgehead atoms. The Morgan fingerprint density at radius 2 is 1.69 bits per heavy atom. The third-order valence-electron chi connectivity index (χ3n) is 6.22. The van der Waals surface area contributed by atoms with Gasteiger partial charge in [-0.2, -0.15) is 0 Å².